The van der Waals surface area contributed by atoms with Crippen molar-refractivity contribution in [2.45, 2.75) is 19.8 Å². The van der Waals surface area contributed by atoms with Crippen molar-refractivity contribution in [2.24, 2.45) is 0 Å². The maximum atomic E-state index is 12.3. The predicted molar refractivity (Wildman–Crippen MR) is 82.2 cm³/mol. The molecule has 0 unspecified atom stereocenters. The molecule has 1 aliphatic rings. The zero-order valence-corrected chi connectivity index (χ0v) is 12.4. The largest absolute Gasteiger partial charge is 0.493 e. The summed E-state index contributed by atoms with van der Waals surface area (Å²) >= 11 is 5.94. The van der Waals surface area contributed by atoms with E-state index in [9.17, 15) is 4.79 Å². The Kier molecular flexibility index (Phi) is 3.80. The fraction of sp³-hybridized carbons (Fsp3) is 0.250. The number of hydrogen-bond donors (Lipinski definition) is 1. The maximum absolute atomic E-state index is 12.3. The van der Waals surface area contributed by atoms with Crippen molar-refractivity contribution in [3.63, 3.8) is 0 Å². The number of amides is 1. The molecule has 0 radical (unpaired) electrons. The van der Waals surface area contributed by atoms with Crippen LogP contribution in [0.3, 0.4) is 0 Å². The van der Waals surface area contributed by atoms with E-state index in [-0.39, 0.29) is 5.91 Å². The summed E-state index contributed by atoms with van der Waals surface area (Å²) in [6, 6.07) is 9.01. The molecule has 2 aromatic rings. The van der Waals surface area contributed by atoms with Crippen LogP contribution in [-0.4, -0.2) is 17.5 Å². The minimum atomic E-state index is -0.187. The summed E-state index contributed by atoms with van der Waals surface area (Å²) in [5, 5.41) is 3.22. The number of ether oxygens (including phenoxy) is 1. The Labute approximate surface area is 128 Å². The normalized spacial score (nSPS) is 12.7. The van der Waals surface area contributed by atoms with Gasteiger partial charge in [-0.2, -0.15) is 0 Å². The van der Waals surface area contributed by atoms with E-state index in [2.05, 4.69) is 10.3 Å². The molecular formula is C16H15ClN2O2. The van der Waals surface area contributed by atoms with Crippen LogP contribution >= 0.6 is 11.6 Å². The second-order valence-corrected chi connectivity index (χ2v) is 5.29. The van der Waals surface area contributed by atoms with E-state index in [0.29, 0.717) is 17.3 Å². The van der Waals surface area contributed by atoms with Crippen LogP contribution in [0.2, 0.25) is 5.15 Å². The lowest BCUT2D eigenvalue weighted by atomic mass is 10.1. The smallest absolute Gasteiger partial charge is 0.255 e. The Balaban J connectivity index is 1.81. The Morgan fingerprint density at radius 3 is 3.05 bits per heavy atom. The van der Waals surface area contributed by atoms with E-state index < -0.39 is 0 Å². The first-order valence-corrected chi connectivity index (χ1v) is 7.27. The molecule has 1 aromatic carbocycles. The van der Waals surface area contributed by atoms with Gasteiger partial charge in [-0.1, -0.05) is 18.5 Å². The average molecular weight is 303 g/mol. The van der Waals surface area contributed by atoms with Gasteiger partial charge in [0.05, 0.1) is 6.61 Å². The average Bonchev–Trinajstić information content (AvgIpc) is 2.94. The number of hydrogen-bond acceptors (Lipinski definition) is 3. The van der Waals surface area contributed by atoms with Crippen LogP contribution in [0.1, 0.15) is 28.5 Å². The first-order valence-electron chi connectivity index (χ1n) is 6.89. The summed E-state index contributed by atoms with van der Waals surface area (Å²) in [6.45, 7) is 2.67. The molecule has 1 N–H and O–H groups in total. The summed E-state index contributed by atoms with van der Waals surface area (Å²) in [4.78, 5) is 16.5. The molecule has 0 bridgehead atoms. The zero-order chi connectivity index (χ0) is 14.8. The van der Waals surface area contributed by atoms with E-state index in [1.54, 1.807) is 12.1 Å². The molecule has 0 spiro atoms. The monoisotopic (exact) mass is 302 g/mol. The molecule has 108 valence electrons. The summed E-state index contributed by atoms with van der Waals surface area (Å²) in [6.07, 6.45) is 1.61. The number of aromatic nitrogens is 1. The number of rotatable bonds is 3. The van der Waals surface area contributed by atoms with Gasteiger partial charge in [0.15, 0.2) is 0 Å². The lowest BCUT2D eigenvalue weighted by molar-refractivity contribution is 0.102. The Morgan fingerprint density at radius 1 is 1.38 bits per heavy atom. The Hall–Kier alpha value is -2.07. The standard InChI is InChI=1S/C16H15ClN2O2/c1-2-12-8-11(9-15(17)18-12)16(20)19-13-3-4-14-10(7-13)5-6-21-14/h3-4,7-9H,2,5-6H2,1H3,(H,19,20). The highest BCUT2D eigenvalue weighted by molar-refractivity contribution is 6.29. The second-order valence-electron chi connectivity index (χ2n) is 4.90. The van der Waals surface area contributed by atoms with Crippen molar-refractivity contribution in [1.29, 1.82) is 0 Å². The highest BCUT2D eigenvalue weighted by Gasteiger charge is 2.14. The molecular weight excluding hydrogens is 288 g/mol. The molecule has 1 aliphatic heterocycles. The number of pyridine rings is 1. The number of carbonyl (C=O) groups is 1. The summed E-state index contributed by atoms with van der Waals surface area (Å²) in [7, 11) is 0. The predicted octanol–water partition coefficient (Wildman–Crippen LogP) is 3.48. The number of nitrogens with zero attached hydrogens (tertiary/aromatic N) is 1. The molecule has 0 fully saturated rings. The summed E-state index contributed by atoms with van der Waals surface area (Å²) in [5.41, 5.74) is 3.20. The number of anilines is 1. The molecule has 0 aliphatic carbocycles. The third-order valence-electron chi connectivity index (χ3n) is 3.42. The molecule has 4 nitrogen and oxygen atoms in total. The Bertz CT molecular complexity index is 701. The van der Waals surface area contributed by atoms with Gasteiger partial charge in [-0.15, -0.1) is 0 Å². The number of carbonyl (C=O) groups excluding carboxylic acids is 1. The minimum absolute atomic E-state index is 0.187. The van der Waals surface area contributed by atoms with Gasteiger partial charge in [-0.3, -0.25) is 4.79 Å². The quantitative estimate of drug-likeness (QED) is 0.883. The Morgan fingerprint density at radius 2 is 2.24 bits per heavy atom. The summed E-state index contributed by atoms with van der Waals surface area (Å²) in [5.74, 6) is 0.709. The van der Waals surface area contributed by atoms with Crippen LogP contribution in [0.25, 0.3) is 0 Å². The van der Waals surface area contributed by atoms with Crippen LogP contribution in [-0.2, 0) is 12.8 Å². The molecule has 0 saturated carbocycles. The van der Waals surface area contributed by atoms with Crippen LogP contribution in [0.15, 0.2) is 30.3 Å². The number of halogens is 1. The molecule has 21 heavy (non-hydrogen) atoms. The van der Waals surface area contributed by atoms with E-state index >= 15 is 0 Å². The summed E-state index contributed by atoms with van der Waals surface area (Å²) < 4.78 is 5.45. The van der Waals surface area contributed by atoms with Crippen molar-refractivity contribution >= 4 is 23.2 Å². The van der Waals surface area contributed by atoms with Crippen LogP contribution in [0.4, 0.5) is 5.69 Å². The fourth-order valence-corrected chi connectivity index (χ4v) is 2.56. The van der Waals surface area contributed by atoms with Gasteiger partial charge in [0.2, 0.25) is 0 Å². The van der Waals surface area contributed by atoms with Gasteiger partial charge in [-0.05, 0) is 42.3 Å². The second kappa shape index (κ2) is 5.74. The van der Waals surface area contributed by atoms with E-state index in [1.165, 1.54) is 0 Å². The fourth-order valence-electron chi connectivity index (χ4n) is 2.33. The third kappa shape index (κ3) is 3.00. The molecule has 1 aromatic heterocycles. The van der Waals surface area contributed by atoms with Crippen molar-refractivity contribution in [3.05, 3.63) is 52.3 Å². The van der Waals surface area contributed by atoms with Crippen LogP contribution in [0, 0.1) is 0 Å². The molecule has 0 atom stereocenters. The van der Waals surface area contributed by atoms with Crippen molar-refractivity contribution in [1.82, 2.24) is 4.98 Å². The molecule has 0 saturated heterocycles. The van der Waals surface area contributed by atoms with Gasteiger partial charge in [0, 0.05) is 23.4 Å². The lowest BCUT2D eigenvalue weighted by Crippen LogP contribution is -2.12. The first-order chi connectivity index (χ1) is 10.2. The van der Waals surface area contributed by atoms with Crippen molar-refractivity contribution < 1.29 is 9.53 Å². The number of fused-ring (bicyclic) bond motifs is 1. The van der Waals surface area contributed by atoms with E-state index in [0.717, 1.165) is 35.5 Å². The van der Waals surface area contributed by atoms with Gasteiger partial charge in [0.1, 0.15) is 10.9 Å². The van der Waals surface area contributed by atoms with Crippen LogP contribution in [0.5, 0.6) is 5.75 Å². The molecule has 5 heteroatoms. The van der Waals surface area contributed by atoms with Crippen LogP contribution < -0.4 is 10.1 Å². The first kappa shape index (κ1) is 13.9. The molecule has 3 rings (SSSR count). The van der Waals surface area contributed by atoms with Crippen molar-refractivity contribution in [2.75, 3.05) is 11.9 Å². The maximum Gasteiger partial charge on any atom is 0.255 e. The number of nitrogens with one attached hydrogen (secondary N) is 1. The SMILES string of the molecule is CCc1cc(C(=O)Nc2ccc3c(c2)CCO3)cc(Cl)n1. The van der Waals surface area contributed by atoms with Gasteiger partial charge < -0.3 is 10.1 Å². The third-order valence-corrected chi connectivity index (χ3v) is 3.61. The van der Waals surface area contributed by atoms with E-state index in [4.69, 9.17) is 16.3 Å². The molecule has 2 heterocycles. The highest BCUT2D eigenvalue weighted by atomic mass is 35.5. The lowest BCUT2D eigenvalue weighted by Gasteiger charge is -2.08. The van der Waals surface area contributed by atoms with E-state index in [1.807, 2.05) is 25.1 Å². The highest BCUT2D eigenvalue weighted by Crippen LogP contribution is 2.28. The number of aryl methyl sites for hydroxylation is 1. The minimum Gasteiger partial charge on any atom is -0.493 e. The van der Waals surface area contributed by atoms with Gasteiger partial charge >= 0.3 is 0 Å². The number of benzene rings is 1. The van der Waals surface area contributed by atoms with Gasteiger partial charge in [-0.25, -0.2) is 4.98 Å². The van der Waals surface area contributed by atoms with Crippen molar-refractivity contribution in [3.8, 4) is 5.75 Å². The zero-order valence-electron chi connectivity index (χ0n) is 11.6. The van der Waals surface area contributed by atoms with Gasteiger partial charge in [0.25, 0.3) is 5.91 Å². The molecule has 1 amide bonds. The topological polar surface area (TPSA) is 51.2 Å².